The van der Waals surface area contributed by atoms with Gasteiger partial charge in [0.25, 0.3) is 0 Å². The van der Waals surface area contributed by atoms with Gasteiger partial charge in [0, 0.05) is 12.1 Å². The van der Waals surface area contributed by atoms with Crippen LogP contribution >= 0.6 is 11.6 Å². The molecule has 18 heavy (non-hydrogen) atoms. The largest absolute Gasteiger partial charge is 0.370 e. The minimum absolute atomic E-state index is 0.534. The van der Waals surface area contributed by atoms with E-state index >= 15 is 0 Å². The maximum atomic E-state index is 5.96. The van der Waals surface area contributed by atoms with Gasteiger partial charge in [0.1, 0.15) is 17.3 Å². The fourth-order valence-electron chi connectivity index (χ4n) is 2.35. The van der Waals surface area contributed by atoms with Crippen LogP contribution in [-0.2, 0) is 0 Å². The van der Waals surface area contributed by atoms with E-state index in [1.165, 1.54) is 38.7 Å². The molecule has 1 aromatic rings. The van der Waals surface area contributed by atoms with Crippen LogP contribution in [0.4, 0.5) is 5.82 Å². The Morgan fingerprint density at radius 2 is 2.11 bits per heavy atom. The van der Waals surface area contributed by atoms with Gasteiger partial charge in [0.2, 0.25) is 0 Å². The first kappa shape index (κ1) is 13.6. The fourth-order valence-corrected chi connectivity index (χ4v) is 2.49. The zero-order valence-corrected chi connectivity index (χ0v) is 11.9. The summed E-state index contributed by atoms with van der Waals surface area (Å²) in [5.41, 5.74) is 0.933. The van der Waals surface area contributed by atoms with E-state index in [4.69, 9.17) is 11.6 Å². The molecule has 0 spiro atoms. The smallest absolute Gasteiger partial charge is 0.137 e. The Bertz CT molecular complexity index is 389. The van der Waals surface area contributed by atoms with E-state index in [1.807, 2.05) is 6.92 Å². The number of rotatable bonds is 4. The zero-order chi connectivity index (χ0) is 13.0. The predicted molar refractivity (Wildman–Crippen MR) is 75.1 cm³/mol. The Kier molecular flexibility index (Phi) is 4.78. The first-order valence-electron chi connectivity index (χ1n) is 6.56. The van der Waals surface area contributed by atoms with Gasteiger partial charge < -0.3 is 10.2 Å². The molecule has 0 aliphatic carbocycles. The highest BCUT2D eigenvalue weighted by Gasteiger charge is 2.16. The second-order valence-corrected chi connectivity index (χ2v) is 5.46. The van der Waals surface area contributed by atoms with E-state index in [0.717, 1.165) is 23.8 Å². The molecule has 4 nitrogen and oxygen atoms in total. The van der Waals surface area contributed by atoms with Crippen molar-refractivity contribution in [2.24, 2.45) is 5.92 Å². The topological polar surface area (TPSA) is 41.1 Å². The van der Waals surface area contributed by atoms with E-state index in [9.17, 15) is 0 Å². The number of aromatic nitrogens is 2. The molecule has 5 heteroatoms. The molecule has 1 fully saturated rings. The molecule has 0 bridgehead atoms. The van der Waals surface area contributed by atoms with Gasteiger partial charge in [-0.15, -0.1) is 0 Å². The van der Waals surface area contributed by atoms with Crippen molar-refractivity contribution in [3.63, 3.8) is 0 Å². The number of nitrogens with zero attached hydrogens (tertiary/aromatic N) is 3. The van der Waals surface area contributed by atoms with Crippen molar-refractivity contribution in [1.82, 2.24) is 14.9 Å². The normalized spacial score (nSPS) is 17.9. The van der Waals surface area contributed by atoms with E-state index in [-0.39, 0.29) is 0 Å². The molecule has 1 aliphatic heterocycles. The van der Waals surface area contributed by atoms with Crippen LogP contribution in [0.5, 0.6) is 0 Å². The second kappa shape index (κ2) is 6.34. The number of anilines is 1. The summed E-state index contributed by atoms with van der Waals surface area (Å²) in [7, 11) is 2.20. The molecule has 0 unspecified atom stereocenters. The highest BCUT2D eigenvalue weighted by Crippen LogP contribution is 2.21. The van der Waals surface area contributed by atoms with Crippen molar-refractivity contribution >= 4 is 17.4 Å². The lowest BCUT2D eigenvalue weighted by Crippen LogP contribution is -2.30. The number of hydrogen-bond acceptors (Lipinski definition) is 4. The maximum absolute atomic E-state index is 5.96. The van der Waals surface area contributed by atoms with Crippen LogP contribution in [0.15, 0.2) is 6.33 Å². The van der Waals surface area contributed by atoms with Gasteiger partial charge in [-0.1, -0.05) is 11.6 Å². The first-order valence-corrected chi connectivity index (χ1v) is 6.94. The first-order chi connectivity index (χ1) is 8.66. The standard InChI is InChI=1S/C13H21ClN4/c1-10-12(14)16-9-17-13(10)15-6-3-11-4-7-18(2)8-5-11/h9,11H,3-8H2,1-2H3,(H,15,16,17). The molecule has 2 rings (SSSR count). The van der Waals surface area contributed by atoms with Crippen molar-refractivity contribution in [3.8, 4) is 0 Å². The third-order valence-electron chi connectivity index (χ3n) is 3.71. The van der Waals surface area contributed by atoms with Crippen LogP contribution < -0.4 is 5.32 Å². The number of nitrogens with one attached hydrogen (secondary N) is 1. The lowest BCUT2D eigenvalue weighted by atomic mass is 9.94. The summed E-state index contributed by atoms with van der Waals surface area (Å²) in [5.74, 6) is 1.70. The van der Waals surface area contributed by atoms with Crippen molar-refractivity contribution in [3.05, 3.63) is 17.0 Å². The SMILES string of the molecule is Cc1c(Cl)ncnc1NCCC1CCN(C)CC1. The molecule has 1 N–H and O–H groups in total. The zero-order valence-electron chi connectivity index (χ0n) is 11.1. The van der Waals surface area contributed by atoms with Gasteiger partial charge in [-0.2, -0.15) is 0 Å². The highest BCUT2D eigenvalue weighted by molar-refractivity contribution is 6.30. The summed E-state index contributed by atoms with van der Waals surface area (Å²) in [6.45, 7) is 5.36. The van der Waals surface area contributed by atoms with Gasteiger partial charge >= 0.3 is 0 Å². The van der Waals surface area contributed by atoms with Gasteiger partial charge in [-0.3, -0.25) is 0 Å². The Labute approximate surface area is 114 Å². The van der Waals surface area contributed by atoms with Gasteiger partial charge in [-0.25, -0.2) is 9.97 Å². The maximum Gasteiger partial charge on any atom is 0.137 e. The molecular formula is C13H21ClN4. The van der Waals surface area contributed by atoms with Crippen LogP contribution in [0, 0.1) is 12.8 Å². The Hall–Kier alpha value is -0.870. The van der Waals surface area contributed by atoms with Gasteiger partial charge in [0.05, 0.1) is 0 Å². The lowest BCUT2D eigenvalue weighted by molar-refractivity contribution is 0.215. The summed E-state index contributed by atoms with van der Waals surface area (Å²) in [5, 5.41) is 3.90. The number of hydrogen-bond donors (Lipinski definition) is 1. The fraction of sp³-hybridized carbons (Fsp3) is 0.692. The molecule has 0 atom stereocenters. The van der Waals surface area contributed by atoms with Gasteiger partial charge in [0.15, 0.2) is 0 Å². The Morgan fingerprint density at radius 1 is 1.39 bits per heavy atom. The molecule has 1 saturated heterocycles. The summed E-state index contributed by atoms with van der Waals surface area (Å²) in [6.07, 6.45) is 5.32. The van der Waals surface area contributed by atoms with Crippen molar-refractivity contribution in [2.45, 2.75) is 26.2 Å². The second-order valence-electron chi connectivity index (χ2n) is 5.10. The quantitative estimate of drug-likeness (QED) is 0.853. The lowest BCUT2D eigenvalue weighted by Gasteiger charge is -2.28. The molecule has 100 valence electrons. The summed E-state index contributed by atoms with van der Waals surface area (Å²) < 4.78 is 0. The van der Waals surface area contributed by atoms with Gasteiger partial charge in [-0.05, 0) is 52.2 Å². The van der Waals surface area contributed by atoms with Crippen LogP contribution in [-0.4, -0.2) is 41.5 Å². The summed E-state index contributed by atoms with van der Waals surface area (Å²) in [6, 6.07) is 0. The monoisotopic (exact) mass is 268 g/mol. The number of likely N-dealkylation sites (tertiary alicyclic amines) is 1. The van der Waals surface area contributed by atoms with Crippen LogP contribution in [0.2, 0.25) is 5.15 Å². The van der Waals surface area contributed by atoms with Crippen LogP contribution in [0.25, 0.3) is 0 Å². The molecule has 1 aromatic heterocycles. The van der Waals surface area contributed by atoms with Crippen LogP contribution in [0.1, 0.15) is 24.8 Å². The molecule has 0 radical (unpaired) electrons. The average Bonchev–Trinajstić information content (AvgIpc) is 2.37. The Balaban J connectivity index is 1.77. The predicted octanol–water partition coefficient (Wildman–Crippen LogP) is 2.58. The molecular weight excluding hydrogens is 248 g/mol. The third-order valence-corrected chi connectivity index (χ3v) is 4.09. The highest BCUT2D eigenvalue weighted by atomic mass is 35.5. The average molecular weight is 269 g/mol. The minimum atomic E-state index is 0.534. The van der Waals surface area contributed by atoms with E-state index < -0.39 is 0 Å². The van der Waals surface area contributed by atoms with Crippen molar-refractivity contribution < 1.29 is 0 Å². The van der Waals surface area contributed by atoms with E-state index in [1.54, 1.807) is 0 Å². The molecule has 0 aromatic carbocycles. The van der Waals surface area contributed by atoms with Crippen molar-refractivity contribution in [2.75, 3.05) is 32.0 Å². The minimum Gasteiger partial charge on any atom is -0.370 e. The third kappa shape index (κ3) is 3.56. The molecule has 0 amide bonds. The summed E-state index contributed by atoms with van der Waals surface area (Å²) in [4.78, 5) is 10.6. The Morgan fingerprint density at radius 3 is 2.83 bits per heavy atom. The number of piperidine rings is 1. The van der Waals surface area contributed by atoms with E-state index in [0.29, 0.717) is 5.15 Å². The van der Waals surface area contributed by atoms with Crippen LogP contribution in [0.3, 0.4) is 0 Å². The number of halogens is 1. The molecule has 2 heterocycles. The summed E-state index contributed by atoms with van der Waals surface area (Å²) >= 11 is 5.96. The van der Waals surface area contributed by atoms with E-state index in [2.05, 4.69) is 27.2 Å². The molecule has 0 saturated carbocycles. The van der Waals surface area contributed by atoms with Crippen molar-refractivity contribution in [1.29, 1.82) is 0 Å². The molecule has 1 aliphatic rings.